The molecule has 0 rings (SSSR count). The number of hydrogen-bond donors (Lipinski definition) is 1. The smallest absolute Gasteiger partial charge is 0.318 e. The Bertz CT molecular complexity index is 147. The third kappa shape index (κ3) is 6.21. The molecule has 2 nitrogen and oxygen atoms in total. The lowest BCUT2D eigenvalue weighted by atomic mass is 10.2. The molecule has 0 aliphatic heterocycles. The van der Waals surface area contributed by atoms with E-state index in [2.05, 4.69) is 5.32 Å². The highest BCUT2D eigenvalue weighted by molar-refractivity contribution is 4.69. The fourth-order valence-corrected chi connectivity index (χ4v) is 1.33. The predicted molar refractivity (Wildman–Crippen MR) is 51.3 cm³/mol. The van der Waals surface area contributed by atoms with Crippen LogP contribution in [0.15, 0.2) is 0 Å². The minimum Gasteiger partial charge on any atom is -0.318 e. The lowest BCUT2D eigenvalue weighted by Crippen LogP contribution is -2.40. The van der Waals surface area contributed by atoms with Gasteiger partial charge in [0, 0.05) is 19.1 Å². The first-order valence-electron chi connectivity index (χ1n) is 4.82. The van der Waals surface area contributed by atoms with Crippen LogP contribution in [0, 0.1) is 0 Å². The number of nitrogens with one attached hydrogen (secondary N) is 1. The minimum absolute atomic E-state index is 0.0731. The van der Waals surface area contributed by atoms with Crippen LogP contribution in [-0.2, 0) is 0 Å². The highest BCUT2D eigenvalue weighted by Gasteiger charge is 2.28. The van der Waals surface area contributed by atoms with Crippen molar-refractivity contribution in [1.29, 1.82) is 0 Å². The zero-order valence-corrected chi connectivity index (χ0v) is 8.99. The van der Waals surface area contributed by atoms with E-state index >= 15 is 0 Å². The second-order valence-corrected chi connectivity index (χ2v) is 3.47. The summed E-state index contributed by atoms with van der Waals surface area (Å²) in [4.78, 5) is 1.75. The van der Waals surface area contributed by atoms with Crippen LogP contribution >= 0.6 is 0 Å². The fraction of sp³-hybridized carbons (Fsp3) is 1.00. The number of likely N-dealkylation sites (N-methyl/N-ethyl adjacent to an activating group) is 2. The average Bonchev–Trinajstić information content (AvgIpc) is 2.09. The maximum absolute atomic E-state index is 11.9. The van der Waals surface area contributed by atoms with E-state index in [4.69, 9.17) is 0 Å². The molecule has 14 heavy (non-hydrogen) atoms. The number of rotatable bonds is 6. The molecule has 0 bridgehead atoms. The van der Waals surface area contributed by atoms with Crippen molar-refractivity contribution in [2.45, 2.75) is 32.0 Å². The second-order valence-electron chi connectivity index (χ2n) is 3.47. The van der Waals surface area contributed by atoms with Gasteiger partial charge in [-0.05, 0) is 20.5 Å². The Morgan fingerprint density at radius 3 is 2.29 bits per heavy atom. The Kier molecular flexibility index (Phi) is 6.11. The average molecular weight is 212 g/mol. The Hall–Kier alpha value is -0.290. The van der Waals surface area contributed by atoms with Crippen molar-refractivity contribution >= 4 is 0 Å². The molecule has 0 saturated heterocycles. The second kappa shape index (κ2) is 6.24. The van der Waals surface area contributed by atoms with Crippen LogP contribution in [0.5, 0.6) is 0 Å². The molecule has 0 aliphatic rings. The molecule has 1 unspecified atom stereocenters. The van der Waals surface area contributed by atoms with Gasteiger partial charge in [-0.15, -0.1) is 0 Å². The van der Waals surface area contributed by atoms with Crippen molar-refractivity contribution < 1.29 is 13.2 Å². The van der Waals surface area contributed by atoms with E-state index in [1.165, 1.54) is 0 Å². The van der Waals surface area contributed by atoms with Gasteiger partial charge in [0.05, 0.1) is 6.42 Å². The molecule has 0 radical (unpaired) electrons. The molecule has 1 atom stereocenters. The zero-order chi connectivity index (χ0) is 11.2. The standard InChI is InChI=1S/C9H19F3N2/c1-4-8(7-13-2)14(3)6-5-9(10,11)12/h8,13H,4-7H2,1-3H3. The highest BCUT2D eigenvalue weighted by Crippen LogP contribution is 2.20. The van der Waals surface area contributed by atoms with Crippen molar-refractivity contribution in [3.63, 3.8) is 0 Å². The summed E-state index contributed by atoms with van der Waals surface area (Å²) in [6, 6.07) is 0.183. The van der Waals surface area contributed by atoms with Crippen molar-refractivity contribution in [1.82, 2.24) is 10.2 Å². The summed E-state index contributed by atoms with van der Waals surface area (Å²) in [6.45, 7) is 2.78. The molecule has 0 fully saturated rings. The van der Waals surface area contributed by atoms with E-state index in [0.717, 1.165) is 13.0 Å². The van der Waals surface area contributed by atoms with Crippen LogP contribution in [0.3, 0.4) is 0 Å². The molecule has 0 aliphatic carbocycles. The normalized spacial score (nSPS) is 14.8. The minimum atomic E-state index is -4.05. The Morgan fingerprint density at radius 2 is 1.93 bits per heavy atom. The third-order valence-corrected chi connectivity index (χ3v) is 2.28. The van der Waals surface area contributed by atoms with Gasteiger partial charge in [0.25, 0.3) is 0 Å². The molecular formula is C9H19F3N2. The first-order valence-corrected chi connectivity index (χ1v) is 4.82. The monoisotopic (exact) mass is 212 g/mol. The first-order chi connectivity index (χ1) is 6.40. The molecule has 0 amide bonds. The number of hydrogen-bond acceptors (Lipinski definition) is 2. The van der Waals surface area contributed by atoms with E-state index < -0.39 is 12.6 Å². The highest BCUT2D eigenvalue weighted by atomic mass is 19.4. The molecule has 1 N–H and O–H groups in total. The lowest BCUT2D eigenvalue weighted by Gasteiger charge is -2.27. The fourth-order valence-electron chi connectivity index (χ4n) is 1.33. The summed E-state index contributed by atoms with van der Waals surface area (Å²) in [5.74, 6) is 0. The van der Waals surface area contributed by atoms with Gasteiger partial charge < -0.3 is 10.2 Å². The van der Waals surface area contributed by atoms with Gasteiger partial charge in [0.2, 0.25) is 0 Å². The molecular weight excluding hydrogens is 193 g/mol. The summed E-state index contributed by atoms with van der Waals surface area (Å²) >= 11 is 0. The van der Waals surface area contributed by atoms with E-state index in [1.807, 2.05) is 6.92 Å². The van der Waals surface area contributed by atoms with Gasteiger partial charge in [-0.1, -0.05) is 6.92 Å². The van der Waals surface area contributed by atoms with Gasteiger partial charge in [-0.2, -0.15) is 13.2 Å². The van der Waals surface area contributed by atoms with Crippen LogP contribution < -0.4 is 5.32 Å². The summed E-state index contributed by atoms with van der Waals surface area (Å²) < 4.78 is 35.8. The summed E-state index contributed by atoms with van der Waals surface area (Å²) in [7, 11) is 3.54. The topological polar surface area (TPSA) is 15.3 Å². The quantitative estimate of drug-likeness (QED) is 0.723. The molecule has 0 saturated carbocycles. The van der Waals surface area contributed by atoms with Crippen LogP contribution in [0.2, 0.25) is 0 Å². The molecule has 0 spiro atoms. The molecule has 0 aromatic carbocycles. The van der Waals surface area contributed by atoms with E-state index in [-0.39, 0.29) is 12.6 Å². The van der Waals surface area contributed by atoms with Gasteiger partial charge in [0.1, 0.15) is 0 Å². The molecule has 5 heteroatoms. The lowest BCUT2D eigenvalue weighted by molar-refractivity contribution is -0.138. The largest absolute Gasteiger partial charge is 0.390 e. The van der Waals surface area contributed by atoms with E-state index in [1.54, 1.807) is 19.0 Å². The number of halogens is 3. The van der Waals surface area contributed by atoms with Gasteiger partial charge in [-0.25, -0.2) is 0 Å². The SMILES string of the molecule is CCC(CNC)N(C)CCC(F)(F)F. The third-order valence-electron chi connectivity index (χ3n) is 2.28. The van der Waals surface area contributed by atoms with Crippen LogP contribution in [0.4, 0.5) is 13.2 Å². The maximum Gasteiger partial charge on any atom is 0.390 e. The number of nitrogens with zero attached hydrogens (tertiary/aromatic N) is 1. The van der Waals surface area contributed by atoms with Crippen molar-refractivity contribution in [2.24, 2.45) is 0 Å². The molecule has 0 aromatic heterocycles. The first kappa shape index (κ1) is 13.7. The predicted octanol–water partition coefficient (Wildman–Crippen LogP) is 1.87. The summed E-state index contributed by atoms with van der Waals surface area (Å²) in [5, 5.41) is 2.97. The van der Waals surface area contributed by atoms with E-state index in [0.29, 0.717) is 0 Å². The molecule has 86 valence electrons. The van der Waals surface area contributed by atoms with Gasteiger partial charge in [0.15, 0.2) is 0 Å². The maximum atomic E-state index is 11.9. The van der Waals surface area contributed by atoms with Crippen LogP contribution in [0.1, 0.15) is 19.8 Å². The van der Waals surface area contributed by atoms with Crippen LogP contribution in [-0.4, -0.2) is 44.3 Å². The summed E-state index contributed by atoms with van der Waals surface area (Å²) in [5.41, 5.74) is 0. The van der Waals surface area contributed by atoms with Crippen molar-refractivity contribution in [3.05, 3.63) is 0 Å². The zero-order valence-electron chi connectivity index (χ0n) is 8.99. The Labute approximate surface area is 83.5 Å². The van der Waals surface area contributed by atoms with Crippen LogP contribution in [0.25, 0.3) is 0 Å². The van der Waals surface area contributed by atoms with Gasteiger partial charge in [-0.3, -0.25) is 0 Å². The molecule has 0 heterocycles. The number of alkyl halides is 3. The summed E-state index contributed by atoms with van der Waals surface area (Å²) in [6.07, 6.45) is -3.93. The van der Waals surface area contributed by atoms with Crippen molar-refractivity contribution in [2.75, 3.05) is 27.2 Å². The van der Waals surface area contributed by atoms with Crippen molar-refractivity contribution in [3.8, 4) is 0 Å². The molecule has 0 aromatic rings. The van der Waals surface area contributed by atoms with Gasteiger partial charge >= 0.3 is 6.18 Å². The Balaban J connectivity index is 3.85. The Morgan fingerprint density at radius 1 is 1.36 bits per heavy atom. The van der Waals surface area contributed by atoms with E-state index in [9.17, 15) is 13.2 Å².